The van der Waals surface area contributed by atoms with Gasteiger partial charge in [0.15, 0.2) is 0 Å². The second kappa shape index (κ2) is 6.70. The van der Waals surface area contributed by atoms with Crippen molar-refractivity contribution in [3.8, 4) is 0 Å². The van der Waals surface area contributed by atoms with E-state index >= 15 is 0 Å². The summed E-state index contributed by atoms with van der Waals surface area (Å²) in [5.41, 5.74) is 4.13. The van der Waals surface area contributed by atoms with Gasteiger partial charge in [0.05, 0.1) is 11.8 Å². The highest BCUT2D eigenvalue weighted by atomic mass is 127. The molecule has 0 unspecified atom stereocenters. The highest BCUT2D eigenvalue weighted by Gasteiger charge is 2.07. The molecular weight excluding hydrogens is 387 g/mol. The molecule has 22 heavy (non-hydrogen) atoms. The topological polar surface area (TPSA) is 41.5 Å². The minimum absolute atomic E-state index is 0.206. The normalized spacial score (nSPS) is 11.0. The lowest BCUT2D eigenvalue weighted by atomic mass is 10.1. The molecule has 0 fully saturated rings. The second-order valence-corrected chi connectivity index (χ2v) is 5.95. The Morgan fingerprint density at radius 2 is 1.68 bits per heavy atom. The van der Waals surface area contributed by atoms with Crippen LogP contribution in [0.25, 0.3) is 10.8 Å². The lowest BCUT2D eigenvalue weighted by Crippen LogP contribution is -2.18. The van der Waals surface area contributed by atoms with Gasteiger partial charge in [-0.15, -0.1) is 0 Å². The molecule has 0 aliphatic heterocycles. The van der Waals surface area contributed by atoms with Gasteiger partial charge in [0, 0.05) is 3.57 Å². The number of fused-ring (bicyclic) bond motifs is 1. The molecule has 1 amide bonds. The minimum atomic E-state index is -0.206. The van der Waals surface area contributed by atoms with Gasteiger partial charge in [-0.25, -0.2) is 5.43 Å². The quantitative estimate of drug-likeness (QED) is 0.400. The number of hydrogen-bond acceptors (Lipinski definition) is 2. The molecule has 3 nitrogen and oxygen atoms in total. The molecule has 1 N–H and O–H groups in total. The molecule has 0 aliphatic rings. The Kier molecular flexibility index (Phi) is 4.48. The summed E-state index contributed by atoms with van der Waals surface area (Å²) >= 11 is 2.14. The maximum absolute atomic E-state index is 12.0. The smallest absolute Gasteiger partial charge is 0.267 e. The SMILES string of the molecule is O=C(N/N=C\c1ccc2ccccc2c1)c1ccccc1I. The number of halogens is 1. The Morgan fingerprint density at radius 1 is 0.955 bits per heavy atom. The maximum atomic E-state index is 12.0. The first-order valence-corrected chi connectivity index (χ1v) is 7.89. The van der Waals surface area contributed by atoms with Crippen LogP contribution in [0.1, 0.15) is 15.9 Å². The van der Waals surface area contributed by atoms with Crippen LogP contribution in [0.2, 0.25) is 0 Å². The lowest BCUT2D eigenvalue weighted by molar-refractivity contribution is 0.0954. The summed E-state index contributed by atoms with van der Waals surface area (Å²) in [6, 6.07) is 21.6. The van der Waals surface area contributed by atoms with Gasteiger partial charge in [-0.05, 0) is 57.1 Å². The number of rotatable bonds is 3. The van der Waals surface area contributed by atoms with Crippen LogP contribution in [0.15, 0.2) is 71.8 Å². The van der Waals surface area contributed by atoms with Crippen LogP contribution in [0, 0.1) is 3.57 Å². The van der Waals surface area contributed by atoms with E-state index in [0.717, 1.165) is 14.5 Å². The zero-order chi connectivity index (χ0) is 15.4. The van der Waals surface area contributed by atoms with Crippen molar-refractivity contribution in [3.63, 3.8) is 0 Å². The highest BCUT2D eigenvalue weighted by molar-refractivity contribution is 14.1. The van der Waals surface area contributed by atoms with Crippen molar-refractivity contribution in [1.82, 2.24) is 5.43 Å². The number of hydrogen-bond donors (Lipinski definition) is 1. The first-order chi connectivity index (χ1) is 10.7. The fourth-order valence-electron chi connectivity index (χ4n) is 2.16. The molecule has 0 radical (unpaired) electrons. The molecule has 3 aromatic rings. The molecule has 0 bridgehead atoms. The van der Waals surface area contributed by atoms with Crippen molar-refractivity contribution >= 4 is 45.5 Å². The van der Waals surface area contributed by atoms with Gasteiger partial charge in [0.25, 0.3) is 5.91 Å². The minimum Gasteiger partial charge on any atom is -0.267 e. The molecule has 4 heteroatoms. The molecule has 3 aromatic carbocycles. The van der Waals surface area contributed by atoms with Gasteiger partial charge < -0.3 is 0 Å². The van der Waals surface area contributed by atoms with Crippen molar-refractivity contribution in [2.24, 2.45) is 5.10 Å². The lowest BCUT2D eigenvalue weighted by Gasteiger charge is -2.02. The van der Waals surface area contributed by atoms with E-state index in [0.29, 0.717) is 5.56 Å². The molecule has 0 aliphatic carbocycles. The average molecular weight is 400 g/mol. The predicted molar refractivity (Wildman–Crippen MR) is 98.2 cm³/mol. The van der Waals surface area contributed by atoms with Crippen molar-refractivity contribution in [1.29, 1.82) is 0 Å². The van der Waals surface area contributed by atoms with Crippen molar-refractivity contribution < 1.29 is 4.79 Å². The third-order valence-electron chi connectivity index (χ3n) is 3.27. The Bertz CT molecular complexity index is 858. The van der Waals surface area contributed by atoms with Gasteiger partial charge in [0.2, 0.25) is 0 Å². The molecule has 108 valence electrons. The Balaban J connectivity index is 1.73. The zero-order valence-electron chi connectivity index (χ0n) is 11.7. The van der Waals surface area contributed by atoms with Gasteiger partial charge in [0.1, 0.15) is 0 Å². The molecule has 0 saturated heterocycles. The monoisotopic (exact) mass is 400 g/mol. The van der Waals surface area contributed by atoms with Gasteiger partial charge >= 0.3 is 0 Å². The second-order valence-electron chi connectivity index (χ2n) is 4.79. The van der Waals surface area contributed by atoms with E-state index in [2.05, 4.69) is 45.3 Å². The summed E-state index contributed by atoms with van der Waals surface area (Å²) in [4.78, 5) is 12.0. The van der Waals surface area contributed by atoms with Gasteiger partial charge in [-0.2, -0.15) is 5.10 Å². The van der Waals surface area contributed by atoms with E-state index in [4.69, 9.17) is 0 Å². The number of hydrazone groups is 1. The molecule has 0 atom stereocenters. The number of carbonyl (C=O) groups excluding carboxylic acids is 1. The first kappa shape index (κ1) is 14.7. The third kappa shape index (κ3) is 3.33. The summed E-state index contributed by atoms with van der Waals surface area (Å²) < 4.78 is 0.901. The average Bonchev–Trinajstić information content (AvgIpc) is 2.55. The van der Waals surface area contributed by atoms with Crippen LogP contribution in [0.5, 0.6) is 0 Å². The summed E-state index contributed by atoms with van der Waals surface area (Å²) in [7, 11) is 0. The number of nitrogens with zero attached hydrogens (tertiary/aromatic N) is 1. The molecular formula is C18H13IN2O. The molecule has 0 spiro atoms. The van der Waals surface area contributed by atoms with Crippen LogP contribution in [-0.4, -0.2) is 12.1 Å². The van der Waals surface area contributed by atoms with Crippen LogP contribution < -0.4 is 5.43 Å². The van der Waals surface area contributed by atoms with Crippen LogP contribution in [0.3, 0.4) is 0 Å². The Hall–Kier alpha value is -2.21. The number of benzene rings is 3. The fourth-order valence-corrected chi connectivity index (χ4v) is 2.79. The van der Waals surface area contributed by atoms with E-state index in [-0.39, 0.29) is 5.91 Å². The maximum Gasteiger partial charge on any atom is 0.272 e. The predicted octanol–water partition coefficient (Wildman–Crippen LogP) is 4.21. The van der Waals surface area contributed by atoms with Gasteiger partial charge in [-0.1, -0.05) is 48.5 Å². The van der Waals surface area contributed by atoms with E-state index in [9.17, 15) is 4.79 Å². The largest absolute Gasteiger partial charge is 0.272 e. The Morgan fingerprint density at radius 3 is 2.50 bits per heavy atom. The van der Waals surface area contributed by atoms with Crippen molar-refractivity contribution in [2.45, 2.75) is 0 Å². The third-order valence-corrected chi connectivity index (χ3v) is 4.21. The summed E-state index contributed by atoms with van der Waals surface area (Å²) in [5, 5.41) is 6.37. The van der Waals surface area contributed by atoms with Crippen LogP contribution in [0.4, 0.5) is 0 Å². The molecule has 3 rings (SSSR count). The standard InChI is InChI=1S/C18H13IN2O/c19-17-8-4-3-7-16(17)18(22)21-20-12-13-9-10-14-5-1-2-6-15(14)11-13/h1-12H,(H,21,22)/b20-12-. The van der Waals surface area contributed by atoms with E-state index in [1.807, 2.05) is 48.5 Å². The summed E-state index contributed by atoms with van der Waals surface area (Å²) in [5.74, 6) is -0.206. The molecule has 0 saturated carbocycles. The number of nitrogens with one attached hydrogen (secondary N) is 1. The zero-order valence-corrected chi connectivity index (χ0v) is 13.8. The van der Waals surface area contributed by atoms with Crippen molar-refractivity contribution in [3.05, 3.63) is 81.4 Å². The number of amides is 1. The first-order valence-electron chi connectivity index (χ1n) is 6.81. The van der Waals surface area contributed by atoms with E-state index in [1.165, 1.54) is 5.39 Å². The van der Waals surface area contributed by atoms with E-state index in [1.54, 1.807) is 12.3 Å². The number of carbonyl (C=O) groups is 1. The fraction of sp³-hybridized carbons (Fsp3) is 0. The summed E-state index contributed by atoms with van der Waals surface area (Å²) in [6.07, 6.45) is 1.65. The van der Waals surface area contributed by atoms with Crippen LogP contribution in [-0.2, 0) is 0 Å². The Labute approximate surface area is 142 Å². The van der Waals surface area contributed by atoms with Gasteiger partial charge in [-0.3, -0.25) is 4.79 Å². The van der Waals surface area contributed by atoms with Crippen LogP contribution >= 0.6 is 22.6 Å². The molecule has 0 heterocycles. The van der Waals surface area contributed by atoms with Crippen molar-refractivity contribution in [2.75, 3.05) is 0 Å². The highest BCUT2D eigenvalue weighted by Crippen LogP contribution is 2.14. The van der Waals surface area contributed by atoms with E-state index < -0.39 is 0 Å². The molecule has 0 aromatic heterocycles. The summed E-state index contributed by atoms with van der Waals surface area (Å²) in [6.45, 7) is 0.